The Morgan fingerprint density at radius 2 is 1.94 bits per heavy atom. The van der Waals surface area contributed by atoms with Crippen LogP contribution in [-0.4, -0.2) is 24.2 Å². The largest absolute Gasteiger partial charge is 0.486 e. The first-order valence-corrected chi connectivity index (χ1v) is 5.87. The third kappa shape index (κ3) is 2.02. The Hall–Kier alpha value is -2.08. The highest BCUT2D eigenvalue weighted by Crippen LogP contribution is 2.31. The summed E-state index contributed by atoms with van der Waals surface area (Å²) in [5.74, 6) is 1.19. The molecule has 3 rings (SSSR count). The van der Waals surface area contributed by atoms with Crippen molar-refractivity contribution in [2.45, 2.75) is 0 Å². The van der Waals surface area contributed by atoms with Gasteiger partial charge in [0.05, 0.1) is 0 Å². The smallest absolute Gasteiger partial charge is 0.273 e. The van der Waals surface area contributed by atoms with Gasteiger partial charge in [-0.3, -0.25) is 10.1 Å². The molecule has 0 spiro atoms. The van der Waals surface area contributed by atoms with E-state index in [9.17, 15) is 4.79 Å². The van der Waals surface area contributed by atoms with Crippen LogP contribution >= 0.6 is 12.2 Å². The van der Waals surface area contributed by atoms with Gasteiger partial charge in [-0.25, -0.2) is 0 Å². The number of carbonyl (C=O) groups excluding carboxylic acids is 1. The lowest BCUT2D eigenvalue weighted by Crippen LogP contribution is -2.21. The molecule has 2 aliphatic rings. The van der Waals surface area contributed by atoms with Gasteiger partial charge >= 0.3 is 0 Å². The number of thiocarbonyl (C=S) groups is 1. The van der Waals surface area contributed by atoms with E-state index in [0.29, 0.717) is 29.8 Å². The molecule has 5 nitrogen and oxygen atoms in total. The predicted molar refractivity (Wildman–Crippen MR) is 69.3 cm³/mol. The second-order valence-electron chi connectivity index (χ2n) is 3.87. The Morgan fingerprint density at radius 3 is 2.67 bits per heavy atom. The molecular weight excluding hydrogens is 252 g/mol. The molecule has 2 N–H and O–H groups in total. The summed E-state index contributed by atoms with van der Waals surface area (Å²) in [4.78, 5) is 11.5. The number of hydrogen-bond acceptors (Lipinski definition) is 4. The molecule has 0 bridgehead atoms. The molecule has 1 fully saturated rings. The van der Waals surface area contributed by atoms with Gasteiger partial charge in [0.25, 0.3) is 5.91 Å². The minimum absolute atomic E-state index is 0.227. The van der Waals surface area contributed by atoms with E-state index in [1.807, 2.05) is 18.2 Å². The molecule has 0 atom stereocenters. The van der Waals surface area contributed by atoms with Gasteiger partial charge in [-0.15, -0.1) is 0 Å². The Morgan fingerprint density at radius 1 is 1.17 bits per heavy atom. The Bertz CT molecular complexity index is 568. The Kier molecular flexibility index (Phi) is 2.64. The van der Waals surface area contributed by atoms with Crippen molar-refractivity contribution in [3.63, 3.8) is 0 Å². The average molecular weight is 262 g/mol. The van der Waals surface area contributed by atoms with Gasteiger partial charge < -0.3 is 14.8 Å². The minimum Gasteiger partial charge on any atom is -0.486 e. The maximum absolute atomic E-state index is 11.5. The first-order chi connectivity index (χ1) is 8.72. The summed E-state index contributed by atoms with van der Waals surface area (Å²) in [5.41, 5.74) is 1.28. The number of ether oxygens (including phenoxy) is 2. The fourth-order valence-corrected chi connectivity index (χ4v) is 2.00. The summed E-state index contributed by atoms with van der Waals surface area (Å²) >= 11 is 4.86. The number of carbonyl (C=O) groups is 1. The fraction of sp³-hybridized carbons (Fsp3) is 0.167. The van der Waals surface area contributed by atoms with Gasteiger partial charge in [0.1, 0.15) is 18.9 Å². The van der Waals surface area contributed by atoms with Gasteiger partial charge in [0.15, 0.2) is 16.6 Å². The number of rotatable bonds is 1. The van der Waals surface area contributed by atoms with Gasteiger partial charge in [-0.2, -0.15) is 0 Å². The van der Waals surface area contributed by atoms with Crippen LogP contribution in [0.25, 0.3) is 6.08 Å². The van der Waals surface area contributed by atoms with Gasteiger partial charge in [0, 0.05) is 0 Å². The summed E-state index contributed by atoms with van der Waals surface area (Å²) < 4.78 is 10.9. The normalized spacial score (nSPS) is 19.7. The third-order valence-corrected chi connectivity index (χ3v) is 2.80. The Labute approximate surface area is 109 Å². The molecule has 18 heavy (non-hydrogen) atoms. The van der Waals surface area contributed by atoms with Crippen molar-refractivity contribution in [2.24, 2.45) is 0 Å². The summed E-state index contributed by atoms with van der Waals surface area (Å²) in [6.07, 6.45) is 1.72. The van der Waals surface area contributed by atoms with E-state index in [0.717, 1.165) is 11.3 Å². The maximum Gasteiger partial charge on any atom is 0.273 e. The van der Waals surface area contributed by atoms with Crippen molar-refractivity contribution in [1.82, 2.24) is 10.6 Å². The van der Waals surface area contributed by atoms with Crippen LogP contribution in [-0.2, 0) is 4.79 Å². The molecule has 1 aromatic rings. The lowest BCUT2D eigenvalue weighted by Gasteiger charge is -2.18. The van der Waals surface area contributed by atoms with E-state index in [-0.39, 0.29) is 5.91 Å². The van der Waals surface area contributed by atoms with Crippen molar-refractivity contribution in [1.29, 1.82) is 0 Å². The summed E-state index contributed by atoms with van der Waals surface area (Å²) in [6.45, 7) is 1.10. The van der Waals surface area contributed by atoms with Crippen molar-refractivity contribution >= 4 is 29.3 Å². The zero-order valence-corrected chi connectivity index (χ0v) is 10.2. The van der Waals surface area contributed by atoms with Crippen LogP contribution in [0, 0.1) is 0 Å². The quantitative estimate of drug-likeness (QED) is 0.579. The lowest BCUT2D eigenvalue weighted by molar-refractivity contribution is -0.115. The third-order valence-electron chi connectivity index (χ3n) is 2.60. The molecule has 2 aliphatic heterocycles. The van der Waals surface area contributed by atoms with E-state index in [1.54, 1.807) is 6.08 Å². The second kappa shape index (κ2) is 4.30. The monoisotopic (exact) mass is 262 g/mol. The zero-order chi connectivity index (χ0) is 12.5. The van der Waals surface area contributed by atoms with Crippen LogP contribution < -0.4 is 20.1 Å². The predicted octanol–water partition coefficient (Wildman–Crippen LogP) is 0.803. The van der Waals surface area contributed by atoms with Gasteiger partial charge in [-0.05, 0) is 36.0 Å². The summed E-state index contributed by atoms with van der Waals surface area (Å²) in [7, 11) is 0. The first kappa shape index (κ1) is 11.0. The van der Waals surface area contributed by atoms with Crippen molar-refractivity contribution in [2.75, 3.05) is 13.2 Å². The molecule has 1 saturated heterocycles. The first-order valence-electron chi connectivity index (χ1n) is 5.46. The van der Waals surface area contributed by atoms with E-state index in [2.05, 4.69) is 10.6 Å². The second-order valence-corrected chi connectivity index (χ2v) is 4.28. The van der Waals surface area contributed by atoms with Crippen LogP contribution in [0.15, 0.2) is 23.9 Å². The molecular formula is C12H10N2O3S. The van der Waals surface area contributed by atoms with Gasteiger partial charge in [0.2, 0.25) is 0 Å². The maximum atomic E-state index is 11.5. The van der Waals surface area contributed by atoms with Crippen LogP contribution in [0.3, 0.4) is 0 Å². The lowest BCUT2D eigenvalue weighted by atomic mass is 10.1. The summed E-state index contributed by atoms with van der Waals surface area (Å²) in [5, 5.41) is 5.62. The number of hydrogen-bond donors (Lipinski definition) is 2. The Balaban J connectivity index is 1.91. The van der Waals surface area contributed by atoms with E-state index < -0.39 is 0 Å². The molecule has 1 aromatic carbocycles. The number of amides is 1. The number of fused-ring (bicyclic) bond motifs is 1. The standard InChI is InChI=1S/C12H10N2O3S/c15-11-8(13-12(18)14-11)5-7-1-2-9-10(6-7)17-4-3-16-9/h1-2,5-6H,3-4H2,(H2,13,14,15,18). The van der Waals surface area contributed by atoms with Crippen molar-refractivity contribution in [3.05, 3.63) is 29.5 Å². The zero-order valence-electron chi connectivity index (χ0n) is 9.36. The van der Waals surface area contributed by atoms with Crippen LogP contribution in [0.4, 0.5) is 0 Å². The highest BCUT2D eigenvalue weighted by Gasteiger charge is 2.20. The summed E-state index contributed by atoms with van der Waals surface area (Å²) in [6, 6.07) is 5.51. The minimum atomic E-state index is -0.227. The molecule has 0 aromatic heterocycles. The molecule has 92 valence electrons. The average Bonchev–Trinajstić information content (AvgIpc) is 2.68. The molecule has 2 heterocycles. The van der Waals surface area contributed by atoms with E-state index in [4.69, 9.17) is 21.7 Å². The number of benzene rings is 1. The molecule has 1 amide bonds. The van der Waals surface area contributed by atoms with E-state index >= 15 is 0 Å². The molecule has 0 saturated carbocycles. The molecule has 0 radical (unpaired) electrons. The number of nitrogens with one attached hydrogen (secondary N) is 2. The van der Waals surface area contributed by atoms with E-state index in [1.165, 1.54) is 0 Å². The van der Waals surface area contributed by atoms with Crippen molar-refractivity contribution in [3.8, 4) is 11.5 Å². The van der Waals surface area contributed by atoms with Crippen LogP contribution in [0.2, 0.25) is 0 Å². The van der Waals surface area contributed by atoms with Crippen LogP contribution in [0.1, 0.15) is 5.56 Å². The van der Waals surface area contributed by atoms with Crippen molar-refractivity contribution < 1.29 is 14.3 Å². The topological polar surface area (TPSA) is 59.6 Å². The molecule has 0 unspecified atom stereocenters. The van der Waals surface area contributed by atoms with Gasteiger partial charge in [-0.1, -0.05) is 6.07 Å². The molecule has 0 aliphatic carbocycles. The molecule has 6 heteroatoms. The van der Waals surface area contributed by atoms with Crippen LogP contribution in [0.5, 0.6) is 11.5 Å². The highest BCUT2D eigenvalue weighted by atomic mass is 32.1. The fourth-order valence-electron chi connectivity index (χ4n) is 1.80. The highest BCUT2D eigenvalue weighted by molar-refractivity contribution is 7.80. The SMILES string of the molecule is O=C1NC(=S)NC1=Cc1ccc2c(c1)OCCO2.